The number of hydrogen-bond donors (Lipinski definition) is 3. The number of benzene rings is 2. The zero-order valence-corrected chi connectivity index (χ0v) is 21.7. The zero-order valence-electron chi connectivity index (χ0n) is 21.7. The smallest absolute Gasteiger partial charge is 0.271 e. The molecule has 2 aliphatic heterocycles. The van der Waals surface area contributed by atoms with E-state index in [1.807, 2.05) is 42.5 Å². The number of likely N-dealkylation sites (N-methyl/N-ethyl adjacent to an activating group) is 1. The van der Waals surface area contributed by atoms with Crippen LogP contribution in [0.15, 0.2) is 54.6 Å². The summed E-state index contributed by atoms with van der Waals surface area (Å²) in [4.78, 5) is 29.0. The van der Waals surface area contributed by atoms with Gasteiger partial charge in [0, 0.05) is 69.3 Å². The Hall–Kier alpha value is -3.69. The minimum Gasteiger partial charge on any atom is -0.371 e. The first-order valence-corrected chi connectivity index (χ1v) is 13.0. The first-order valence-electron chi connectivity index (χ1n) is 13.0. The predicted molar refractivity (Wildman–Crippen MR) is 150 cm³/mol. The number of hydrogen-bond acceptors (Lipinski definition) is 8. The molecule has 0 saturated carbocycles. The van der Waals surface area contributed by atoms with Gasteiger partial charge in [-0.05, 0) is 44.2 Å². The molecule has 0 radical (unpaired) electrons. The number of aromatic nitrogens is 2. The molecule has 2 saturated heterocycles. The molecule has 9 heteroatoms. The fraction of sp³-hybridized carbons (Fsp3) is 0.393. The van der Waals surface area contributed by atoms with E-state index in [1.165, 1.54) is 44.7 Å². The van der Waals surface area contributed by atoms with E-state index in [-0.39, 0.29) is 5.69 Å². The number of carbonyl (C=O) groups excluding carboxylic acids is 1. The molecule has 4 N–H and O–H groups in total. The molecule has 1 amide bonds. The molecule has 0 unspecified atom stereocenters. The number of piperazine rings is 1. The molecule has 3 aromatic rings. The van der Waals surface area contributed by atoms with Crippen molar-refractivity contribution in [3.05, 3.63) is 60.3 Å². The fourth-order valence-electron chi connectivity index (χ4n) is 5.23. The molecule has 1 aromatic heterocycles. The lowest BCUT2D eigenvalue weighted by molar-refractivity contribution is 0.0982. The number of primary amides is 1. The first-order chi connectivity index (χ1) is 18.0. The summed E-state index contributed by atoms with van der Waals surface area (Å²) < 4.78 is 0. The van der Waals surface area contributed by atoms with Crippen molar-refractivity contribution in [2.45, 2.75) is 18.9 Å². The Morgan fingerprint density at radius 2 is 1.57 bits per heavy atom. The molecule has 2 aromatic carbocycles. The highest BCUT2D eigenvalue weighted by atomic mass is 16.1. The van der Waals surface area contributed by atoms with Crippen LogP contribution in [-0.2, 0) is 0 Å². The molecule has 3 heterocycles. The van der Waals surface area contributed by atoms with Crippen LogP contribution in [0.3, 0.4) is 0 Å². The predicted octanol–water partition coefficient (Wildman–Crippen LogP) is 3.24. The number of amides is 1. The SMILES string of the molecule is CNc1nc(Nc2ccc(N3CCC(N4CCN(C)CC4)CC3)cc2)c(C(N)=O)nc1-c1ccccc1. The highest BCUT2D eigenvalue weighted by molar-refractivity contribution is 5.97. The Morgan fingerprint density at radius 1 is 0.892 bits per heavy atom. The monoisotopic (exact) mass is 500 g/mol. The van der Waals surface area contributed by atoms with Gasteiger partial charge in [0.05, 0.1) is 0 Å². The maximum Gasteiger partial charge on any atom is 0.271 e. The summed E-state index contributed by atoms with van der Waals surface area (Å²) in [7, 11) is 3.99. The Labute approximate surface area is 218 Å². The van der Waals surface area contributed by atoms with Gasteiger partial charge in [0.2, 0.25) is 0 Å². The van der Waals surface area contributed by atoms with Gasteiger partial charge in [-0.1, -0.05) is 30.3 Å². The minimum atomic E-state index is -0.630. The van der Waals surface area contributed by atoms with Crippen LogP contribution in [0.1, 0.15) is 23.3 Å². The van der Waals surface area contributed by atoms with Gasteiger partial charge < -0.3 is 26.2 Å². The average Bonchev–Trinajstić information content (AvgIpc) is 2.94. The van der Waals surface area contributed by atoms with Crippen molar-refractivity contribution in [2.24, 2.45) is 5.73 Å². The molecular weight excluding hydrogens is 464 g/mol. The highest BCUT2D eigenvalue weighted by Gasteiger charge is 2.27. The second kappa shape index (κ2) is 11.1. The Morgan fingerprint density at radius 3 is 2.19 bits per heavy atom. The molecule has 0 spiro atoms. The normalized spacial score (nSPS) is 17.5. The van der Waals surface area contributed by atoms with Gasteiger partial charge in [-0.15, -0.1) is 0 Å². The number of nitrogens with one attached hydrogen (secondary N) is 2. The molecule has 37 heavy (non-hydrogen) atoms. The number of nitrogens with zero attached hydrogens (tertiary/aromatic N) is 5. The van der Waals surface area contributed by atoms with E-state index in [2.05, 4.69) is 54.5 Å². The third-order valence-corrected chi connectivity index (χ3v) is 7.43. The minimum absolute atomic E-state index is 0.105. The van der Waals surface area contributed by atoms with Crippen molar-refractivity contribution in [1.29, 1.82) is 0 Å². The van der Waals surface area contributed by atoms with Crippen LogP contribution >= 0.6 is 0 Å². The number of nitrogens with two attached hydrogens (primary N) is 1. The van der Waals surface area contributed by atoms with Crippen molar-refractivity contribution >= 4 is 28.9 Å². The van der Waals surface area contributed by atoms with Crippen LogP contribution in [-0.4, -0.2) is 85.1 Å². The van der Waals surface area contributed by atoms with Gasteiger partial charge in [0.15, 0.2) is 17.3 Å². The lowest BCUT2D eigenvalue weighted by atomic mass is 10.0. The molecule has 5 rings (SSSR count). The van der Waals surface area contributed by atoms with Gasteiger partial charge in [-0.3, -0.25) is 9.69 Å². The lowest BCUT2D eigenvalue weighted by Crippen LogP contribution is -2.52. The van der Waals surface area contributed by atoms with Crippen LogP contribution in [0, 0.1) is 0 Å². The number of piperidine rings is 1. The lowest BCUT2D eigenvalue weighted by Gasteiger charge is -2.42. The van der Waals surface area contributed by atoms with Crippen molar-refractivity contribution in [3.8, 4) is 11.3 Å². The van der Waals surface area contributed by atoms with E-state index in [1.54, 1.807) is 7.05 Å². The van der Waals surface area contributed by atoms with Crippen LogP contribution in [0.25, 0.3) is 11.3 Å². The molecule has 0 bridgehead atoms. The topological polar surface area (TPSA) is 103 Å². The molecule has 0 atom stereocenters. The summed E-state index contributed by atoms with van der Waals surface area (Å²) in [5.41, 5.74) is 9.26. The van der Waals surface area contributed by atoms with Crippen LogP contribution in [0.2, 0.25) is 0 Å². The molecule has 194 valence electrons. The quantitative estimate of drug-likeness (QED) is 0.454. The van der Waals surface area contributed by atoms with E-state index in [9.17, 15) is 4.79 Å². The second-order valence-electron chi connectivity index (χ2n) is 9.83. The molecule has 2 fully saturated rings. The van der Waals surface area contributed by atoms with Gasteiger partial charge in [-0.2, -0.15) is 0 Å². The molecule has 2 aliphatic rings. The van der Waals surface area contributed by atoms with Crippen molar-refractivity contribution in [1.82, 2.24) is 19.8 Å². The van der Waals surface area contributed by atoms with Crippen LogP contribution in [0.4, 0.5) is 23.0 Å². The molecule has 9 nitrogen and oxygen atoms in total. The summed E-state index contributed by atoms with van der Waals surface area (Å²) in [5.74, 6) is 0.269. The first kappa shape index (κ1) is 25.0. The van der Waals surface area contributed by atoms with Gasteiger partial charge >= 0.3 is 0 Å². The van der Waals surface area contributed by atoms with Crippen molar-refractivity contribution in [3.63, 3.8) is 0 Å². The number of rotatable bonds is 7. The third kappa shape index (κ3) is 5.68. The summed E-state index contributed by atoms with van der Waals surface area (Å²) in [6.45, 7) is 6.82. The number of anilines is 4. The third-order valence-electron chi connectivity index (χ3n) is 7.43. The van der Waals surface area contributed by atoms with E-state index in [4.69, 9.17) is 5.73 Å². The Kier molecular flexibility index (Phi) is 7.52. The Bertz CT molecular complexity index is 1200. The fourth-order valence-corrected chi connectivity index (χ4v) is 5.23. The van der Waals surface area contributed by atoms with Gasteiger partial charge in [0.1, 0.15) is 5.69 Å². The van der Waals surface area contributed by atoms with E-state index < -0.39 is 5.91 Å². The van der Waals surface area contributed by atoms with E-state index in [0.29, 0.717) is 23.4 Å². The maximum atomic E-state index is 12.3. The van der Waals surface area contributed by atoms with Crippen LogP contribution in [0.5, 0.6) is 0 Å². The average molecular weight is 501 g/mol. The molecular formula is C28H36N8O. The standard InChI is InChI=1S/C28H36N8O/c1-30-27-24(20-6-4-3-5-7-20)32-25(26(29)37)28(33-27)31-21-8-10-22(11-9-21)35-14-12-23(13-15-35)36-18-16-34(2)17-19-36/h3-11,23H,12-19H2,1-2H3,(H2,29,37)(H2,30,31,33). The van der Waals surface area contributed by atoms with Crippen LogP contribution < -0.4 is 21.3 Å². The highest BCUT2D eigenvalue weighted by Crippen LogP contribution is 2.30. The Balaban J connectivity index is 1.27. The van der Waals surface area contributed by atoms with Gasteiger partial charge in [-0.25, -0.2) is 9.97 Å². The maximum absolute atomic E-state index is 12.3. The van der Waals surface area contributed by atoms with Crippen molar-refractivity contribution in [2.75, 3.05) is 68.9 Å². The summed E-state index contributed by atoms with van der Waals surface area (Å²) in [5, 5.41) is 6.34. The zero-order chi connectivity index (χ0) is 25.8. The van der Waals surface area contributed by atoms with Gasteiger partial charge in [0.25, 0.3) is 5.91 Å². The molecule has 0 aliphatic carbocycles. The van der Waals surface area contributed by atoms with E-state index in [0.717, 1.165) is 24.3 Å². The van der Waals surface area contributed by atoms with E-state index >= 15 is 0 Å². The van der Waals surface area contributed by atoms with Crippen molar-refractivity contribution < 1.29 is 4.79 Å². The summed E-state index contributed by atoms with van der Waals surface area (Å²) in [6, 6.07) is 18.6. The summed E-state index contributed by atoms with van der Waals surface area (Å²) >= 11 is 0. The number of carbonyl (C=O) groups is 1. The summed E-state index contributed by atoms with van der Waals surface area (Å²) in [6.07, 6.45) is 2.39. The second-order valence-corrected chi connectivity index (χ2v) is 9.83. The largest absolute Gasteiger partial charge is 0.371 e.